The van der Waals surface area contributed by atoms with Crippen molar-refractivity contribution in [1.29, 1.82) is 0 Å². The van der Waals surface area contributed by atoms with Crippen LogP contribution in [0.25, 0.3) is 0 Å². The van der Waals surface area contributed by atoms with Gasteiger partial charge in [-0.1, -0.05) is 26.0 Å². The van der Waals surface area contributed by atoms with E-state index in [0.29, 0.717) is 0 Å². The predicted molar refractivity (Wildman–Crippen MR) is 75.6 cm³/mol. The third-order valence-corrected chi connectivity index (χ3v) is 4.20. The molecule has 2 aromatic rings. The van der Waals surface area contributed by atoms with Crippen LogP contribution < -0.4 is 5.32 Å². The lowest BCUT2D eigenvalue weighted by molar-refractivity contribution is 0.607. The largest absolute Gasteiger partial charge is 0.306 e. The average molecular weight is 263 g/mol. The molecule has 0 amide bonds. The number of benzene rings is 1. The monoisotopic (exact) mass is 263 g/mol. The normalized spacial score (nSPS) is 12.6. The fraction of sp³-hybridized carbons (Fsp3) is 0.333. The van der Waals surface area contributed by atoms with E-state index in [1.165, 1.54) is 15.8 Å². The Balaban J connectivity index is 2.33. The zero-order valence-electron chi connectivity index (χ0n) is 10.7. The van der Waals surface area contributed by atoms with Crippen molar-refractivity contribution in [3.8, 4) is 0 Å². The number of thiophene rings is 1. The second-order valence-electron chi connectivity index (χ2n) is 4.20. The minimum absolute atomic E-state index is 0.0935. The summed E-state index contributed by atoms with van der Waals surface area (Å²) in [4.78, 5) is 2.61. The molecule has 1 unspecified atom stereocenters. The molecule has 0 aliphatic carbocycles. The van der Waals surface area contributed by atoms with Crippen LogP contribution in [-0.4, -0.2) is 6.54 Å². The Labute approximate surface area is 112 Å². The van der Waals surface area contributed by atoms with E-state index >= 15 is 0 Å². The van der Waals surface area contributed by atoms with Gasteiger partial charge in [0.05, 0.1) is 6.04 Å². The molecule has 0 bridgehead atoms. The molecule has 0 spiro atoms. The Hall–Kier alpha value is -1.19. The van der Waals surface area contributed by atoms with Crippen LogP contribution in [0.15, 0.2) is 36.4 Å². The van der Waals surface area contributed by atoms with Gasteiger partial charge in [-0.25, -0.2) is 4.39 Å². The Kier molecular flexibility index (Phi) is 4.50. The molecule has 1 atom stereocenters. The first-order valence-electron chi connectivity index (χ1n) is 6.32. The van der Waals surface area contributed by atoms with E-state index < -0.39 is 0 Å². The first-order chi connectivity index (χ1) is 8.74. The number of aryl methyl sites for hydroxylation is 1. The molecule has 0 aliphatic heterocycles. The van der Waals surface area contributed by atoms with Gasteiger partial charge in [-0.15, -0.1) is 11.3 Å². The van der Waals surface area contributed by atoms with Crippen molar-refractivity contribution in [3.05, 3.63) is 57.5 Å². The minimum Gasteiger partial charge on any atom is -0.306 e. The number of nitrogens with one attached hydrogen (secondary N) is 1. The van der Waals surface area contributed by atoms with E-state index in [1.807, 2.05) is 6.07 Å². The van der Waals surface area contributed by atoms with Crippen molar-refractivity contribution >= 4 is 11.3 Å². The fourth-order valence-electron chi connectivity index (χ4n) is 2.01. The van der Waals surface area contributed by atoms with Crippen molar-refractivity contribution in [3.63, 3.8) is 0 Å². The molecule has 1 aromatic carbocycles. The van der Waals surface area contributed by atoms with E-state index in [2.05, 4.69) is 31.3 Å². The second kappa shape index (κ2) is 6.12. The van der Waals surface area contributed by atoms with Crippen LogP contribution in [0.5, 0.6) is 0 Å². The molecule has 2 rings (SSSR count). The zero-order valence-corrected chi connectivity index (χ0v) is 11.6. The van der Waals surface area contributed by atoms with Crippen LogP contribution in [0.1, 0.15) is 35.2 Å². The molecule has 0 saturated carbocycles. The van der Waals surface area contributed by atoms with E-state index in [1.54, 1.807) is 23.5 Å². The highest BCUT2D eigenvalue weighted by molar-refractivity contribution is 7.12. The molecule has 0 radical (unpaired) electrons. The smallest absolute Gasteiger partial charge is 0.123 e. The number of rotatable bonds is 5. The SMILES string of the molecule is CCNC(c1cccc(F)c1)c1ccc(CC)s1. The number of hydrogen-bond acceptors (Lipinski definition) is 2. The van der Waals surface area contributed by atoms with E-state index in [-0.39, 0.29) is 11.9 Å². The summed E-state index contributed by atoms with van der Waals surface area (Å²) in [7, 11) is 0. The number of halogens is 1. The summed E-state index contributed by atoms with van der Waals surface area (Å²) in [5.74, 6) is -0.178. The van der Waals surface area contributed by atoms with E-state index in [9.17, 15) is 4.39 Å². The van der Waals surface area contributed by atoms with Gasteiger partial charge in [-0.05, 0) is 42.8 Å². The Bertz CT molecular complexity index is 507. The Morgan fingerprint density at radius 1 is 1.22 bits per heavy atom. The van der Waals surface area contributed by atoms with Crippen LogP contribution in [0.4, 0.5) is 4.39 Å². The predicted octanol–water partition coefficient (Wildman–Crippen LogP) is 4.15. The van der Waals surface area contributed by atoms with Crippen LogP contribution in [0, 0.1) is 5.82 Å². The summed E-state index contributed by atoms with van der Waals surface area (Å²) in [6.45, 7) is 5.08. The molecule has 1 N–H and O–H groups in total. The lowest BCUT2D eigenvalue weighted by atomic mass is 10.1. The molecule has 0 fully saturated rings. The summed E-state index contributed by atoms with van der Waals surface area (Å²) in [5, 5.41) is 3.42. The van der Waals surface area contributed by atoms with Gasteiger partial charge in [0, 0.05) is 9.75 Å². The Morgan fingerprint density at radius 3 is 2.67 bits per heavy atom. The van der Waals surface area contributed by atoms with Crippen molar-refractivity contribution in [2.75, 3.05) is 6.54 Å². The van der Waals surface area contributed by atoms with Gasteiger partial charge >= 0.3 is 0 Å². The van der Waals surface area contributed by atoms with E-state index in [0.717, 1.165) is 18.5 Å². The van der Waals surface area contributed by atoms with E-state index in [4.69, 9.17) is 0 Å². The van der Waals surface area contributed by atoms with Crippen LogP contribution in [-0.2, 0) is 6.42 Å². The van der Waals surface area contributed by atoms with Gasteiger partial charge < -0.3 is 5.32 Å². The summed E-state index contributed by atoms with van der Waals surface area (Å²) in [6, 6.07) is 11.2. The summed E-state index contributed by atoms with van der Waals surface area (Å²) < 4.78 is 13.3. The molecular weight excluding hydrogens is 245 g/mol. The maximum atomic E-state index is 13.3. The third kappa shape index (κ3) is 2.98. The zero-order chi connectivity index (χ0) is 13.0. The fourth-order valence-corrected chi connectivity index (χ4v) is 3.07. The third-order valence-electron chi connectivity index (χ3n) is 2.91. The maximum Gasteiger partial charge on any atom is 0.123 e. The standard InChI is InChI=1S/C15H18FNS/c1-3-13-8-9-14(18-13)15(17-4-2)11-6-5-7-12(16)10-11/h5-10,15,17H,3-4H2,1-2H3. The molecule has 0 saturated heterocycles. The van der Waals surface area contributed by atoms with Crippen molar-refractivity contribution in [1.82, 2.24) is 5.32 Å². The molecule has 1 heterocycles. The highest BCUT2D eigenvalue weighted by Crippen LogP contribution is 2.29. The summed E-state index contributed by atoms with van der Waals surface area (Å²) in [6.07, 6.45) is 1.05. The molecular formula is C15H18FNS. The van der Waals surface area contributed by atoms with Crippen molar-refractivity contribution in [2.45, 2.75) is 26.3 Å². The minimum atomic E-state index is -0.178. The maximum absolute atomic E-state index is 13.3. The highest BCUT2D eigenvalue weighted by atomic mass is 32.1. The topological polar surface area (TPSA) is 12.0 Å². The molecule has 96 valence electrons. The molecule has 1 aromatic heterocycles. The molecule has 18 heavy (non-hydrogen) atoms. The van der Waals surface area contributed by atoms with Gasteiger partial charge in [-0.3, -0.25) is 0 Å². The summed E-state index contributed by atoms with van der Waals surface area (Å²) >= 11 is 1.80. The van der Waals surface area contributed by atoms with Gasteiger partial charge in [-0.2, -0.15) is 0 Å². The lowest BCUT2D eigenvalue weighted by Gasteiger charge is -2.17. The first-order valence-corrected chi connectivity index (χ1v) is 7.13. The van der Waals surface area contributed by atoms with Crippen LogP contribution in [0.2, 0.25) is 0 Å². The van der Waals surface area contributed by atoms with Gasteiger partial charge in [0.15, 0.2) is 0 Å². The van der Waals surface area contributed by atoms with Crippen LogP contribution >= 0.6 is 11.3 Å². The molecule has 0 aliphatic rings. The van der Waals surface area contributed by atoms with Crippen molar-refractivity contribution < 1.29 is 4.39 Å². The lowest BCUT2D eigenvalue weighted by Crippen LogP contribution is -2.21. The molecule has 3 heteroatoms. The number of hydrogen-bond donors (Lipinski definition) is 1. The highest BCUT2D eigenvalue weighted by Gasteiger charge is 2.15. The second-order valence-corrected chi connectivity index (χ2v) is 5.40. The first kappa shape index (κ1) is 13.2. The van der Waals surface area contributed by atoms with Gasteiger partial charge in [0.2, 0.25) is 0 Å². The van der Waals surface area contributed by atoms with Gasteiger partial charge in [0.1, 0.15) is 5.82 Å². The molecule has 1 nitrogen and oxygen atoms in total. The van der Waals surface area contributed by atoms with Crippen LogP contribution in [0.3, 0.4) is 0 Å². The Morgan fingerprint density at radius 2 is 2.06 bits per heavy atom. The average Bonchev–Trinajstić information content (AvgIpc) is 2.84. The quantitative estimate of drug-likeness (QED) is 0.854. The van der Waals surface area contributed by atoms with Gasteiger partial charge in [0.25, 0.3) is 0 Å². The summed E-state index contributed by atoms with van der Waals surface area (Å²) in [5.41, 5.74) is 0.987. The van der Waals surface area contributed by atoms with Crippen molar-refractivity contribution in [2.24, 2.45) is 0 Å².